The quantitative estimate of drug-likeness (QED) is 0.342. The highest BCUT2D eigenvalue weighted by molar-refractivity contribution is 7.07. The van der Waals surface area contributed by atoms with Crippen molar-refractivity contribution in [2.24, 2.45) is 4.99 Å². The minimum absolute atomic E-state index is 0.176. The second-order valence-corrected chi connectivity index (χ2v) is 7.66. The van der Waals surface area contributed by atoms with Gasteiger partial charge in [-0.05, 0) is 25.5 Å². The van der Waals surface area contributed by atoms with Crippen molar-refractivity contribution in [2.75, 3.05) is 6.61 Å². The van der Waals surface area contributed by atoms with Gasteiger partial charge in [-0.2, -0.15) is 0 Å². The number of nitro groups is 1. The number of hydrogen-bond donors (Lipinski definition) is 0. The summed E-state index contributed by atoms with van der Waals surface area (Å²) in [6, 6.07) is 11.1. The first kappa shape index (κ1) is 20.5. The number of ether oxygens (including phenoxy) is 1. The summed E-state index contributed by atoms with van der Waals surface area (Å²) in [5, 5.41) is 10.9. The summed E-state index contributed by atoms with van der Waals surface area (Å²) in [5.41, 5.74) is 1.11. The molecule has 1 aliphatic rings. The van der Waals surface area contributed by atoms with Crippen LogP contribution in [0.3, 0.4) is 0 Å². The first-order valence-electron chi connectivity index (χ1n) is 9.39. The highest BCUT2D eigenvalue weighted by Gasteiger charge is 2.33. The van der Waals surface area contributed by atoms with E-state index in [0.717, 1.165) is 16.9 Å². The molecule has 158 valence electrons. The summed E-state index contributed by atoms with van der Waals surface area (Å²) in [5.74, 6) is -0.773. The molecule has 1 aromatic carbocycles. The third kappa shape index (κ3) is 3.73. The van der Waals surface area contributed by atoms with Crippen molar-refractivity contribution in [1.82, 2.24) is 4.57 Å². The molecule has 0 spiro atoms. The molecule has 0 amide bonds. The molecule has 0 N–H and O–H groups in total. The standard InChI is InChI=1S/C21H17N3O6S/c1-3-29-20(26)17-12(2)22-21-23(18(17)13-7-5-4-6-8-13)19(25)15(31-21)11-14-9-10-16(30-14)24(27)28/h4-11,18H,3H2,1-2H3/b15-11-/t18-/m0/s1. The van der Waals surface area contributed by atoms with Crippen LogP contribution in [-0.2, 0) is 9.53 Å². The Labute approximate surface area is 179 Å². The zero-order chi connectivity index (χ0) is 22.1. The van der Waals surface area contributed by atoms with Gasteiger partial charge in [0, 0.05) is 6.08 Å². The minimum Gasteiger partial charge on any atom is -0.463 e. The van der Waals surface area contributed by atoms with Gasteiger partial charge < -0.3 is 9.15 Å². The van der Waals surface area contributed by atoms with E-state index in [1.165, 1.54) is 22.8 Å². The van der Waals surface area contributed by atoms with E-state index in [1.807, 2.05) is 30.3 Å². The zero-order valence-corrected chi connectivity index (χ0v) is 17.4. The van der Waals surface area contributed by atoms with Crippen LogP contribution in [0.1, 0.15) is 31.2 Å². The lowest BCUT2D eigenvalue weighted by Gasteiger charge is -2.24. The highest BCUT2D eigenvalue weighted by Crippen LogP contribution is 2.30. The van der Waals surface area contributed by atoms with Crippen molar-refractivity contribution in [3.63, 3.8) is 0 Å². The molecule has 0 saturated carbocycles. The monoisotopic (exact) mass is 439 g/mol. The number of hydrogen-bond acceptors (Lipinski definition) is 8. The largest absolute Gasteiger partial charge is 0.463 e. The Morgan fingerprint density at radius 3 is 2.71 bits per heavy atom. The molecule has 3 aromatic rings. The summed E-state index contributed by atoms with van der Waals surface area (Å²) in [6.45, 7) is 3.61. The molecule has 31 heavy (non-hydrogen) atoms. The predicted octanol–water partition coefficient (Wildman–Crippen LogP) is 2.30. The van der Waals surface area contributed by atoms with Gasteiger partial charge in [-0.15, -0.1) is 0 Å². The summed E-state index contributed by atoms with van der Waals surface area (Å²) in [4.78, 5) is 41.1. The van der Waals surface area contributed by atoms with Crippen LogP contribution in [0.5, 0.6) is 0 Å². The van der Waals surface area contributed by atoms with Gasteiger partial charge in [0.1, 0.15) is 10.7 Å². The Kier molecular flexibility index (Phi) is 5.38. The second-order valence-electron chi connectivity index (χ2n) is 6.65. The smallest absolute Gasteiger partial charge is 0.433 e. The Morgan fingerprint density at radius 2 is 2.06 bits per heavy atom. The van der Waals surface area contributed by atoms with E-state index in [2.05, 4.69) is 4.99 Å². The zero-order valence-electron chi connectivity index (χ0n) is 16.6. The molecule has 0 fully saturated rings. The molecule has 0 saturated heterocycles. The van der Waals surface area contributed by atoms with E-state index in [4.69, 9.17) is 9.15 Å². The van der Waals surface area contributed by atoms with Crippen LogP contribution >= 0.6 is 11.3 Å². The normalized spacial score (nSPS) is 16.1. The van der Waals surface area contributed by atoms with Crippen LogP contribution in [0.15, 0.2) is 67.9 Å². The maximum atomic E-state index is 13.3. The topological polar surface area (TPSA) is 117 Å². The molecule has 0 bridgehead atoms. The van der Waals surface area contributed by atoms with Gasteiger partial charge in [0.05, 0.1) is 34.5 Å². The van der Waals surface area contributed by atoms with Crippen molar-refractivity contribution in [2.45, 2.75) is 19.9 Å². The number of benzene rings is 1. The number of nitrogens with zero attached hydrogens (tertiary/aromatic N) is 3. The molecule has 0 aliphatic carbocycles. The Balaban J connectivity index is 1.92. The van der Waals surface area contributed by atoms with E-state index in [0.29, 0.717) is 16.1 Å². The summed E-state index contributed by atoms with van der Waals surface area (Å²) >= 11 is 1.12. The first-order valence-corrected chi connectivity index (χ1v) is 10.2. The van der Waals surface area contributed by atoms with E-state index >= 15 is 0 Å². The van der Waals surface area contributed by atoms with Crippen LogP contribution in [-0.4, -0.2) is 22.1 Å². The van der Waals surface area contributed by atoms with E-state index in [1.54, 1.807) is 13.8 Å². The number of rotatable bonds is 5. The lowest BCUT2D eigenvalue weighted by molar-refractivity contribution is -0.402. The third-order valence-corrected chi connectivity index (χ3v) is 5.68. The van der Waals surface area contributed by atoms with Crippen LogP contribution in [0.4, 0.5) is 5.88 Å². The van der Waals surface area contributed by atoms with Crippen molar-refractivity contribution >= 4 is 29.3 Å². The Hall–Kier alpha value is -3.79. The Bertz CT molecular complexity index is 1380. The molecule has 2 aromatic heterocycles. The van der Waals surface area contributed by atoms with Gasteiger partial charge in [-0.1, -0.05) is 41.7 Å². The summed E-state index contributed by atoms with van der Waals surface area (Å²) < 4.78 is 12.1. The fourth-order valence-electron chi connectivity index (χ4n) is 3.39. The molecular weight excluding hydrogens is 422 g/mol. The van der Waals surface area contributed by atoms with Gasteiger partial charge in [-0.3, -0.25) is 19.5 Å². The number of allylic oxidation sites excluding steroid dienone is 1. The number of esters is 1. The molecule has 0 radical (unpaired) electrons. The van der Waals surface area contributed by atoms with Crippen molar-refractivity contribution in [3.05, 3.63) is 94.9 Å². The minimum atomic E-state index is -0.704. The number of aromatic nitrogens is 1. The van der Waals surface area contributed by atoms with E-state index in [-0.39, 0.29) is 22.5 Å². The lowest BCUT2D eigenvalue weighted by Crippen LogP contribution is -2.39. The van der Waals surface area contributed by atoms with Gasteiger partial charge in [0.25, 0.3) is 5.56 Å². The van der Waals surface area contributed by atoms with Crippen molar-refractivity contribution < 1.29 is 18.9 Å². The molecule has 10 heteroatoms. The SMILES string of the molecule is CCOC(=O)C1=C(C)N=c2s/c(=C\c3ccc([N+](=O)[O-])o3)c(=O)n2[C@H]1c1ccccc1. The number of carbonyl (C=O) groups is 1. The predicted molar refractivity (Wildman–Crippen MR) is 112 cm³/mol. The average molecular weight is 439 g/mol. The fourth-order valence-corrected chi connectivity index (χ4v) is 4.42. The lowest BCUT2D eigenvalue weighted by atomic mass is 9.96. The second kappa shape index (κ2) is 8.15. The Morgan fingerprint density at radius 1 is 1.32 bits per heavy atom. The molecule has 1 atom stereocenters. The van der Waals surface area contributed by atoms with Gasteiger partial charge in [0.2, 0.25) is 0 Å². The van der Waals surface area contributed by atoms with Crippen LogP contribution in [0.2, 0.25) is 0 Å². The van der Waals surface area contributed by atoms with Crippen molar-refractivity contribution in [3.8, 4) is 0 Å². The first-order chi connectivity index (χ1) is 14.9. The number of thiazole rings is 1. The van der Waals surface area contributed by atoms with Crippen LogP contribution in [0.25, 0.3) is 6.08 Å². The van der Waals surface area contributed by atoms with Crippen molar-refractivity contribution in [1.29, 1.82) is 0 Å². The molecule has 0 unspecified atom stereocenters. The molecule has 3 heterocycles. The highest BCUT2D eigenvalue weighted by atomic mass is 32.1. The summed E-state index contributed by atoms with van der Waals surface area (Å²) in [7, 11) is 0. The number of furan rings is 1. The van der Waals surface area contributed by atoms with Crippen LogP contribution < -0.4 is 14.9 Å². The maximum Gasteiger partial charge on any atom is 0.433 e. The summed E-state index contributed by atoms with van der Waals surface area (Å²) in [6.07, 6.45) is 1.43. The molecular formula is C21H17N3O6S. The third-order valence-electron chi connectivity index (χ3n) is 4.70. The van der Waals surface area contributed by atoms with Gasteiger partial charge in [-0.25, -0.2) is 9.79 Å². The molecule has 4 rings (SSSR count). The van der Waals surface area contributed by atoms with Gasteiger partial charge >= 0.3 is 11.9 Å². The number of fused-ring (bicyclic) bond motifs is 1. The van der Waals surface area contributed by atoms with E-state index < -0.39 is 22.8 Å². The fraction of sp³-hybridized carbons (Fsp3) is 0.190. The van der Waals surface area contributed by atoms with Gasteiger partial charge in [0.15, 0.2) is 4.80 Å². The maximum absolute atomic E-state index is 13.3. The average Bonchev–Trinajstić information content (AvgIpc) is 3.33. The number of carbonyl (C=O) groups excluding carboxylic acids is 1. The molecule has 1 aliphatic heterocycles. The molecule has 9 nitrogen and oxygen atoms in total. The van der Waals surface area contributed by atoms with E-state index in [9.17, 15) is 19.7 Å². The van der Waals surface area contributed by atoms with Crippen LogP contribution in [0, 0.1) is 10.1 Å².